The van der Waals surface area contributed by atoms with Crippen molar-refractivity contribution in [2.24, 2.45) is 0 Å². The van der Waals surface area contributed by atoms with Crippen molar-refractivity contribution in [3.8, 4) is 0 Å². The number of hydrogen-bond donors (Lipinski definition) is 0. The molecule has 0 unspecified atom stereocenters. The van der Waals surface area contributed by atoms with Gasteiger partial charge in [0.15, 0.2) is 0 Å². The average molecular weight is 247 g/mol. The topological polar surface area (TPSA) is 15.7 Å². The van der Waals surface area contributed by atoms with Crippen LogP contribution in [0.15, 0.2) is 11.4 Å². The Morgan fingerprint density at radius 1 is 1.13 bits per heavy atom. The van der Waals surface area contributed by atoms with E-state index in [4.69, 9.17) is 4.43 Å². The molecule has 0 aromatic carbocycles. The first kappa shape index (κ1) is 15.1. The zero-order chi connectivity index (χ0) is 12.1. The van der Waals surface area contributed by atoms with Gasteiger partial charge < -0.3 is 4.43 Å². The average Bonchev–Trinajstić information content (AvgIpc) is 2.11. The van der Waals surface area contributed by atoms with E-state index < -0.39 is 8.32 Å². The quantitative estimate of drug-likeness (QED) is 0.500. The standard InChI is InChI=1S/C10H26N2OSi2/c1-11(2)10(12(3)4)14-8-9-15(6,7)13-5/h8-10H,14H2,1-7H3. The molecule has 15 heavy (non-hydrogen) atoms. The van der Waals surface area contributed by atoms with Crippen LogP contribution in [0.1, 0.15) is 0 Å². The molecule has 0 bridgehead atoms. The van der Waals surface area contributed by atoms with Gasteiger partial charge in [-0.2, -0.15) is 0 Å². The van der Waals surface area contributed by atoms with E-state index in [1.54, 1.807) is 0 Å². The largest absolute Gasteiger partial charge is 0.417 e. The molecule has 0 rings (SSSR count). The fraction of sp³-hybridized carbons (Fsp3) is 0.800. The molecule has 3 nitrogen and oxygen atoms in total. The molecule has 0 fully saturated rings. The summed E-state index contributed by atoms with van der Waals surface area (Å²) >= 11 is 0. The van der Waals surface area contributed by atoms with Crippen LogP contribution in [0.25, 0.3) is 0 Å². The summed E-state index contributed by atoms with van der Waals surface area (Å²) in [4.78, 5) is 4.58. The van der Waals surface area contributed by atoms with Gasteiger partial charge in [0.05, 0.1) is 9.52 Å². The van der Waals surface area contributed by atoms with E-state index in [1.807, 2.05) is 7.11 Å². The molecule has 0 N–H and O–H groups in total. The highest BCUT2D eigenvalue weighted by Crippen LogP contribution is 2.04. The lowest BCUT2D eigenvalue weighted by molar-refractivity contribution is 0.202. The molecule has 0 aromatic heterocycles. The molecule has 0 aliphatic carbocycles. The molecule has 0 atom stereocenters. The van der Waals surface area contributed by atoms with Gasteiger partial charge in [0.1, 0.15) is 0 Å². The molecule has 0 heterocycles. The third-order valence-corrected chi connectivity index (χ3v) is 7.54. The molecule has 0 radical (unpaired) electrons. The molecular formula is C10H26N2OSi2. The van der Waals surface area contributed by atoms with Gasteiger partial charge in [0.2, 0.25) is 8.32 Å². The molecular weight excluding hydrogens is 220 g/mol. The van der Waals surface area contributed by atoms with Gasteiger partial charge in [-0.25, -0.2) is 0 Å². The van der Waals surface area contributed by atoms with Gasteiger partial charge in [0.25, 0.3) is 0 Å². The summed E-state index contributed by atoms with van der Waals surface area (Å²) in [5.41, 5.74) is 4.71. The molecule has 0 spiro atoms. The van der Waals surface area contributed by atoms with Crippen LogP contribution in [0.3, 0.4) is 0 Å². The van der Waals surface area contributed by atoms with Gasteiger partial charge in [-0.15, -0.1) is 5.70 Å². The Balaban J connectivity index is 4.22. The van der Waals surface area contributed by atoms with Crippen molar-refractivity contribution >= 4 is 17.8 Å². The van der Waals surface area contributed by atoms with Crippen molar-refractivity contribution in [2.45, 2.75) is 18.9 Å². The van der Waals surface area contributed by atoms with E-state index in [-0.39, 0.29) is 9.52 Å². The number of rotatable bonds is 6. The van der Waals surface area contributed by atoms with Gasteiger partial charge in [-0.05, 0) is 41.3 Å². The summed E-state index contributed by atoms with van der Waals surface area (Å²) in [5.74, 6) is 0.600. The lowest BCUT2D eigenvalue weighted by Gasteiger charge is -2.29. The fourth-order valence-corrected chi connectivity index (χ4v) is 5.46. The lowest BCUT2D eigenvalue weighted by atomic mass is 10.8. The maximum absolute atomic E-state index is 5.49. The zero-order valence-corrected chi connectivity index (χ0v) is 13.7. The minimum atomic E-state index is -1.50. The van der Waals surface area contributed by atoms with Crippen molar-refractivity contribution in [1.82, 2.24) is 9.80 Å². The molecule has 0 amide bonds. The second-order valence-electron chi connectivity index (χ2n) is 4.85. The van der Waals surface area contributed by atoms with Crippen LogP contribution < -0.4 is 0 Å². The molecule has 0 aliphatic heterocycles. The Morgan fingerprint density at radius 2 is 1.60 bits per heavy atom. The maximum atomic E-state index is 5.49. The summed E-state index contributed by atoms with van der Waals surface area (Å²) in [7, 11) is 8.66. The minimum absolute atomic E-state index is 0.233. The molecule has 0 aromatic rings. The van der Waals surface area contributed by atoms with Crippen molar-refractivity contribution in [3.05, 3.63) is 11.4 Å². The SMILES string of the molecule is CO[Si](C)(C)C=C[SiH2]C(N(C)C)N(C)C. The first-order valence-corrected chi connectivity index (χ1v) is 9.97. The summed E-state index contributed by atoms with van der Waals surface area (Å²) in [6.45, 7) is 4.44. The predicted molar refractivity (Wildman–Crippen MR) is 73.3 cm³/mol. The normalized spacial score (nSPS) is 14.5. The second-order valence-corrected chi connectivity index (χ2v) is 10.5. The molecule has 0 saturated carbocycles. The van der Waals surface area contributed by atoms with Gasteiger partial charge >= 0.3 is 0 Å². The Kier molecular flexibility index (Phi) is 6.62. The summed E-state index contributed by atoms with van der Waals surface area (Å²) < 4.78 is 5.49. The third-order valence-electron chi connectivity index (χ3n) is 2.58. The van der Waals surface area contributed by atoms with Crippen molar-refractivity contribution in [3.63, 3.8) is 0 Å². The van der Waals surface area contributed by atoms with E-state index >= 15 is 0 Å². The van der Waals surface area contributed by atoms with E-state index in [0.29, 0.717) is 5.79 Å². The zero-order valence-electron chi connectivity index (χ0n) is 11.2. The predicted octanol–water partition coefficient (Wildman–Crippen LogP) is 0.466. The Bertz CT molecular complexity index is 198. The van der Waals surface area contributed by atoms with Crippen LogP contribution >= 0.6 is 0 Å². The first-order chi connectivity index (χ1) is 6.80. The Labute approximate surface area is 98.0 Å². The molecule has 90 valence electrons. The maximum Gasteiger partial charge on any atom is 0.209 e. The molecule has 5 heteroatoms. The number of nitrogens with zero attached hydrogens (tertiary/aromatic N) is 2. The fourth-order valence-electron chi connectivity index (χ4n) is 1.43. The number of hydrogen-bond acceptors (Lipinski definition) is 3. The molecule has 0 aliphatic rings. The van der Waals surface area contributed by atoms with E-state index in [9.17, 15) is 0 Å². The monoisotopic (exact) mass is 246 g/mol. The second kappa shape index (κ2) is 6.60. The van der Waals surface area contributed by atoms with Crippen LogP contribution in [0.5, 0.6) is 0 Å². The Hall–Kier alpha value is 0.0538. The first-order valence-electron chi connectivity index (χ1n) is 5.36. The summed E-state index contributed by atoms with van der Waals surface area (Å²) in [5, 5.41) is 0. The highest BCUT2D eigenvalue weighted by Gasteiger charge is 2.17. The van der Waals surface area contributed by atoms with Crippen molar-refractivity contribution in [1.29, 1.82) is 0 Å². The minimum Gasteiger partial charge on any atom is -0.417 e. The van der Waals surface area contributed by atoms with Gasteiger partial charge in [-0.3, -0.25) is 9.80 Å². The van der Waals surface area contributed by atoms with Crippen LogP contribution in [-0.2, 0) is 4.43 Å². The lowest BCUT2D eigenvalue weighted by Crippen LogP contribution is -2.44. The smallest absolute Gasteiger partial charge is 0.209 e. The van der Waals surface area contributed by atoms with Gasteiger partial charge in [0, 0.05) is 12.9 Å². The van der Waals surface area contributed by atoms with Gasteiger partial charge in [-0.1, -0.05) is 5.70 Å². The highest BCUT2D eigenvalue weighted by atomic mass is 28.4. The van der Waals surface area contributed by atoms with E-state index in [0.717, 1.165) is 0 Å². The summed E-state index contributed by atoms with van der Waals surface area (Å²) in [6.07, 6.45) is 0. The van der Waals surface area contributed by atoms with Crippen molar-refractivity contribution in [2.75, 3.05) is 35.3 Å². The highest BCUT2D eigenvalue weighted by molar-refractivity contribution is 6.77. The van der Waals surface area contributed by atoms with Crippen molar-refractivity contribution < 1.29 is 4.43 Å². The van der Waals surface area contributed by atoms with E-state index in [2.05, 4.69) is 62.5 Å². The van der Waals surface area contributed by atoms with Crippen LogP contribution in [0.2, 0.25) is 13.1 Å². The van der Waals surface area contributed by atoms with E-state index in [1.165, 1.54) is 0 Å². The van der Waals surface area contributed by atoms with Crippen LogP contribution in [0, 0.1) is 0 Å². The Morgan fingerprint density at radius 3 is 1.93 bits per heavy atom. The third kappa shape index (κ3) is 6.26. The van der Waals surface area contributed by atoms with Crippen LogP contribution in [0.4, 0.5) is 0 Å². The van der Waals surface area contributed by atoms with Crippen LogP contribution in [-0.4, -0.2) is 68.7 Å². The molecule has 0 saturated heterocycles. The summed E-state index contributed by atoms with van der Waals surface area (Å²) in [6, 6.07) is 0.